The minimum atomic E-state index is 0.429. The van der Waals surface area contributed by atoms with E-state index < -0.39 is 0 Å². The topological polar surface area (TPSA) is 35.8 Å². The highest BCUT2D eigenvalue weighted by molar-refractivity contribution is 9.10. The predicted octanol–water partition coefficient (Wildman–Crippen LogP) is 4.56. The van der Waals surface area contributed by atoms with Crippen molar-refractivity contribution in [3.05, 3.63) is 28.2 Å². The van der Waals surface area contributed by atoms with Crippen LogP contribution < -0.4 is 5.32 Å². The number of halogens is 1. The zero-order chi connectivity index (χ0) is 12.8. The quantitative estimate of drug-likeness (QED) is 0.864. The lowest BCUT2D eigenvalue weighted by atomic mass is 10.0. The lowest BCUT2D eigenvalue weighted by Gasteiger charge is -2.16. The number of hydrogen-bond acceptors (Lipinski definition) is 2. The van der Waals surface area contributed by atoms with Crippen molar-refractivity contribution < 1.29 is 0 Å². The Balaban J connectivity index is 2.62. The summed E-state index contributed by atoms with van der Waals surface area (Å²) in [6.45, 7) is 6.65. The van der Waals surface area contributed by atoms with Crippen LogP contribution in [-0.4, -0.2) is 6.04 Å². The molecule has 0 aliphatic carbocycles. The number of rotatable bonds is 5. The molecule has 1 atom stereocenters. The maximum absolute atomic E-state index is 8.90. The Morgan fingerprint density at radius 1 is 1.24 bits per heavy atom. The lowest BCUT2D eigenvalue weighted by molar-refractivity contribution is 0.528. The summed E-state index contributed by atoms with van der Waals surface area (Å²) in [4.78, 5) is 0. The van der Waals surface area contributed by atoms with Gasteiger partial charge >= 0.3 is 0 Å². The first kappa shape index (κ1) is 14.1. The molecule has 0 fully saturated rings. The Morgan fingerprint density at radius 3 is 2.53 bits per heavy atom. The van der Waals surface area contributed by atoms with Crippen molar-refractivity contribution in [2.45, 2.75) is 39.7 Å². The van der Waals surface area contributed by atoms with Gasteiger partial charge in [0.2, 0.25) is 0 Å². The summed E-state index contributed by atoms with van der Waals surface area (Å²) < 4.78 is 0.940. The molecule has 1 rings (SSSR count). The molecule has 1 aromatic rings. The zero-order valence-corrected chi connectivity index (χ0v) is 12.2. The molecule has 1 unspecified atom stereocenters. The van der Waals surface area contributed by atoms with Crippen LogP contribution in [0.4, 0.5) is 5.69 Å². The van der Waals surface area contributed by atoms with Gasteiger partial charge in [-0.25, -0.2) is 0 Å². The number of benzene rings is 1. The molecule has 17 heavy (non-hydrogen) atoms. The van der Waals surface area contributed by atoms with E-state index in [9.17, 15) is 0 Å². The predicted molar refractivity (Wildman–Crippen MR) is 76.0 cm³/mol. The Hall–Kier alpha value is -1.01. The molecular formula is C14H19BrN2. The summed E-state index contributed by atoms with van der Waals surface area (Å²) in [5.41, 5.74) is 1.69. The molecule has 0 aliphatic rings. The van der Waals surface area contributed by atoms with Crippen LogP contribution in [-0.2, 0) is 0 Å². The summed E-state index contributed by atoms with van der Waals surface area (Å²) >= 11 is 3.41. The summed E-state index contributed by atoms with van der Waals surface area (Å²) in [6.07, 6.45) is 2.36. The van der Waals surface area contributed by atoms with Gasteiger partial charge in [0.25, 0.3) is 0 Å². The zero-order valence-electron chi connectivity index (χ0n) is 10.6. The van der Waals surface area contributed by atoms with Crippen LogP contribution in [0.5, 0.6) is 0 Å². The first-order valence-corrected chi connectivity index (χ1v) is 6.77. The molecule has 2 nitrogen and oxygen atoms in total. The molecule has 1 aromatic carbocycles. The SMILES string of the molecule is CC(C)CCC(C)Nc1cc(Br)cc(C#N)c1. The van der Waals surface area contributed by atoms with E-state index in [-0.39, 0.29) is 0 Å². The van der Waals surface area contributed by atoms with E-state index >= 15 is 0 Å². The number of hydrogen-bond donors (Lipinski definition) is 1. The third-order valence-electron chi connectivity index (χ3n) is 2.62. The Kier molecular flexibility index (Phi) is 5.50. The van der Waals surface area contributed by atoms with Crippen LogP contribution in [0.3, 0.4) is 0 Å². The van der Waals surface area contributed by atoms with Gasteiger partial charge in [-0.15, -0.1) is 0 Å². The fourth-order valence-corrected chi connectivity index (χ4v) is 2.17. The summed E-state index contributed by atoms with van der Waals surface area (Å²) in [5.74, 6) is 0.733. The van der Waals surface area contributed by atoms with Gasteiger partial charge in [-0.3, -0.25) is 0 Å². The minimum Gasteiger partial charge on any atom is -0.383 e. The molecule has 0 amide bonds. The van der Waals surface area contributed by atoms with Crippen molar-refractivity contribution in [2.24, 2.45) is 5.92 Å². The highest BCUT2D eigenvalue weighted by Crippen LogP contribution is 2.20. The third kappa shape index (κ3) is 5.23. The van der Waals surface area contributed by atoms with Crippen molar-refractivity contribution in [1.29, 1.82) is 5.26 Å². The average Bonchev–Trinajstić information content (AvgIpc) is 2.25. The first-order valence-electron chi connectivity index (χ1n) is 5.98. The summed E-state index contributed by atoms with van der Waals surface area (Å²) in [5, 5.41) is 12.3. The normalized spacial score (nSPS) is 12.2. The molecule has 1 N–H and O–H groups in total. The molecule has 0 bridgehead atoms. The van der Waals surface area contributed by atoms with Gasteiger partial charge in [0.15, 0.2) is 0 Å². The average molecular weight is 295 g/mol. The third-order valence-corrected chi connectivity index (χ3v) is 3.07. The molecular weight excluding hydrogens is 276 g/mol. The fourth-order valence-electron chi connectivity index (χ4n) is 1.68. The van der Waals surface area contributed by atoms with Gasteiger partial charge < -0.3 is 5.32 Å². The van der Waals surface area contributed by atoms with E-state index in [1.54, 1.807) is 0 Å². The second-order valence-electron chi connectivity index (χ2n) is 4.86. The number of anilines is 1. The Bertz CT molecular complexity index is 407. The van der Waals surface area contributed by atoms with E-state index in [0.29, 0.717) is 11.6 Å². The minimum absolute atomic E-state index is 0.429. The molecule has 0 heterocycles. The van der Waals surface area contributed by atoms with E-state index in [2.05, 4.69) is 48.1 Å². The van der Waals surface area contributed by atoms with Gasteiger partial charge in [0.05, 0.1) is 11.6 Å². The highest BCUT2D eigenvalue weighted by atomic mass is 79.9. The van der Waals surface area contributed by atoms with E-state index in [1.165, 1.54) is 6.42 Å². The lowest BCUT2D eigenvalue weighted by Crippen LogP contribution is -2.15. The maximum atomic E-state index is 8.90. The van der Waals surface area contributed by atoms with Crippen molar-refractivity contribution >= 4 is 21.6 Å². The van der Waals surface area contributed by atoms with Gasteiger partial charge in [-0.05, 0) is 43.9 Å². The van der Waals surface area contributed by atoms with Gasteiger partial charge in [0.1, 0.15) is 0 Å². The van der Waals surface area contributed by atoms with Crippen molar-refractivity contribution in [2.75, 3.05) is 5.32 Å². The molecule has 0 radical (unpaired) electrons. The molecule has 0 spiro atoms. The Morgan fingerprint density at radius 2 is 1.94 bits per heavy atom. The first-order chi connectivity index (χ1) is 8.01. The number of nitriles is 1. The molecule has 0 aromatic heterocycles. The summed E-state index contributed by atoms with van der Waals surface area (Å²) in [6, 6.07) is 8.31. The number of nitrogens with zero attached hydrogens (tertiary/aromatic N) is 1. The maximum Gasteiger partial charge on any atom is 0.0992 e. The van der Waals surface area contributed by atoms with Crippen LogP contribution in [0.2, 0.25) is 0 Å². The molecule has 92 valence electrons. The molecule has 0 saturated heterocycles. The van der Waals surface area contributed by atoms with Crippen molar-refractivity contribution in [1.82, 2.24) is 0 Å². The fraction of sp³-hybridized carbons (Fsp3) is 0.500. The van der Waals surface area contributed by atoms with Gasteiger partial charge in [-0.1, -0.05) is 29.8 Å². The second kappa shape index (κ2) is 6.66. The van der Waals surface area contributed by atoms with Crippen molar-refractivity contribution in [3.63, 3.8) is 0 Å². The standard InChI is InChI=1S/C14H19BrN2/c1-10(2)4-5-11(3)17-14-7-12(9-16)6-13(15)8-14/h6-8,10-11,17H,4-5H2,1-3H3. The largest absolute Gasteiger partial charge is 0.383 e. The van der Waals surface area contributed by atoms with E-state index in [4.69, 9.17) is 5.26 Å². The molecule has 0 aliphatic heterocycles. The van der Waals surface area contributed by atoms with Gasteiger partial charge in [-0.2, -0.15) is 5.26 Å². The highest BCUT2D eigenvalue weighted by Gasteiger charge is 2.05. The van der Waals surface area contributed by atoms with Crippen LogP contribution >= 0.6 is 15.9 Å². The van der Waals surface area contributed by atoms with E-state index in [0.717, 1.165) is 22.5 Å². The van der Waals surface area contributed by atoms with Gasteiger partial charge in [0, 0.05) is 16.2 Å². The van der Waals surface area contributed by atoms with Crippen LogP contribution in [0.15, 0.2) is 22.7 Å². The smallest absolute Gasteiger partial charge is 0.0992 e. The summed E-state index contributed by atoms with van der Waals surface area (Å²) in [7, 11) is 0. The van der Waals surface area contributed by atoms with Crippen molar-refractivity contribution in [3.8, 4) is 6.07 Å². The van der Waals surface area contributed by atoms with E-state index in [1.807, 2.05) is 18.2 Å². The van der Waals surface area contributed by atoms with Crippen LogP contribution in [0.25, 0.3) is 0 Å². The molecule has 0 saturated carbocycles. The Labute approximate surface area is 112 Å². The van der Waals surface area contributed by atoms with Crippen LogP contribution in [0, 0.1) is 17.2 Å². The monoisotopic (exact) mass is 294 g/mol. The number of nitrogens with one attached hydrogen (secondary N) is 1. The second-order valence-corrected chi connectivity index (χ2v) is 5.77. The molecule has 3 heteroatoms. The van der Waals surface area contributed by atoms with Crippen LogP contribution in [0.1, 0.15) is 39.2 Å².